The van der Waals surface area contributed by atoms with Crippen molar-refractivity contribution >= 4 is 23.5 Å². The number of amides is 1. The molecule has 1 amide bonds. The molecule has 220 valence electrons. The van der Waals surface area contributed by atoms with E-state index in [0.29, 0.717) is 23.0 Å². The molecule has 0 aliphatic heterocycles. The van der Waals surface area contributed by atoms with Crippen molar-refractivity contribution in [3.63, 3.8) is 0 Å². The van der Waals surface area contributed by atoms with Gasteiger partial charge in [-0.1, -0.05) is 56.8 Å². The summed E-state index contributed by atoms with van der Waals surface area (Å²) in [4.78, 5) is 28.8. The van der Waals surface area contributed by atoms with E-state index in [4.69, 9.17) is 19.4 Å². The van der Waals surface area contributed by atoms with E-state index in [0.717, 1.165) is 52.7 Å². The van der Waals surface area contributed by atoms with Crippen molar-refractivity contribution in [3.05, 3.63) is 101 Å². The second-order valence-corrected chi connectivity index (χ2v) is 12.0. The Hall–Kier alpha value is -4.11. The van der Waals surface area contributed by atoms with Crippen molar-refractivity contribution in [2.45, 2.75) is 50.1 Å². The molecule has 1 N–H and O–H groups in total. The van der Waals surface area contributed by atoms with E-state index < -0.39 is 0 Å². The van der Waals surface area contributed by atoms with Gasteiger partial charge in [0.15, 0.2) is 16.7 Å². The van der Waals surface area contributed by atoms with Gasteiger partial charge in [0.2, 0.25) is 0 Å². The first kappa shape index (κ1) is 30.8. The molecular weight excluding hydrogens is 546 g/mol. The number of aromatic nitrogens is 3. The summed E-state index contributed by atoms with van der Waals surface area (Å²) in [7, 11) is 5.34. The number of carbonyl (C=O) groups is 1. The van der Waals surface area contributed by atoms with Crippen molar-refractivity contribution in [1.29, 1.82) is 0 Å². The third-order valence-electron chi connectivity index (χ3n) is 6.77. The van der Waals surface area contributed by atoms with Crippen LogP contribution in [0.4, 0.5) is 5.82 Å². The topological polar surface area (TPSA) is 89.5 Å². The highest BCUT2D eigenvalue weighted by Gasteiger charge is 2.20. The standard InChI is InChI=1S/C33H39N5O3S/c1-33(2,3)29-19-30(38(4)16-14-23-12-13-27(40-5)28(18-23)41-6)37-32(36-29)42-22-24-9-7-11-26(17-24)31(39)35-21-25-10-8-15-34-20-25/h7-13,15,17-20H,14,16,21-22H2,1-6H3,(H,35,39). The first-order valence-electron chi connectivity index (χ1n) is 13.9. The number of nitrogens with one attached hydrogen (secondary N) is 1. The number of hydrogen-bond donors (Lipinski definition) is 1. The summed E-state index contributed by atoms with van der Waals surface area (Å²) in [5.41, 5.74) is 4.61. The van der Waals surface area contributed by atoms with E-state index in [-0.39, 0.29) is 11.3 Å². The van der Waals surface area contributed by atoms with E-state index in [1.807, 2.05) is 48.5 Å². The van der Waals surface area contributed by atoms with Crippen LogP contribution in [-0.4, -0.2) is 48.7 Å². The van der Waals surface area contributed by atoms with Crippen molar-refractivity contribution in [3.8, 4) is 11.5 Å². The summed E-state index contributed by atoms with van der Waals surface area (Å²) < 4.78 is 10.8. The lowest BCUT2D eigenvalue weighted by Crippen LogP contribution is -2.24. The number of thioether (sulfide) groups is 1. The monoisotopic (exact) mass is 585 g/mol. The van der Waals surface area contributed by atoms with Crippen molar-refractivity contribution in [2.75, 3.05) is 32.7 Å². The number of nitrogens with zero attached hydrogens (tertiary/aromatic N) is 4. The average Bonchev–Trinajstić information content (AvgIpc) is 3.01. The lowest BCUT2D eigenvalue weighted by atomic mass is 9.92. The van der Waals surface area contributed by atoms with Crippen molar-refractivity contribution in [2.24, 2.45) is 0 Å². The summed E-state index contributed by atoms with van der Waals surface area (Å²) in [6, 6.07) is 19.6. The Morgan fingerprint density at radius 2 is 1.71 bits per heavy atom. The van der Waals surface area contributed by atoms with Crippen molar-refractivity contribution < 1.29 is 14.3 Å². The molecule has 0 aliphatic carbocycles. The summed E-state index contributed by atoms with van der Waals surface area (Å²) in [6.07, 6.45) is 4.29. The lowest BCUT2D eigenvalue weighted by molar-refractivity contribution is 0.0950. The molecular formula is C33H39N5O3S. The van der Waals surface area contributed by atoms with Crippen LogP contribution in [0.5, 0.6) is 11.5 Å². The highest BCUT2D eigenvalue weighted by molar-refractivity contribution is 7.98. The maximum Gasteiger partial charge on any atom is 0.251 e. The lowest BCUT2D eigenvalue weighted by Gasteiger charge is -2.23. The zero-order chi connectivity index (χ0) is 30.1. The second kappa shape index (κ2) is 14.2. The predicted molar refractivity (Wildman–Crippen MR) is 169 cm³/mol. The normalized spacial score (nSPS) is 11.2. The number of ether oxygens (including phenoxy) is 2. The van der Waals surface area contributed by atoms with Crippen LogP contribution < -0.4 is 19.7 Å². The maximum atomic E-state index is 12.8. The van der Waals surface area contributed by atoms with Crippen LogP contribution in [0.3, 0.4) is 0 Å². The van der Waals surface area contributed by atoms with Gasteiger partial charge in [-0.2, -0.15) is 0 Å². The van der Waals surface area contributed by atoms with Gasteiger partial charge in [-0.3, -0.25) is 9.78 Å². The number of benzene rings is 2. The van der Waals surface area contributed by atoms with Gasteiger partial charge in [0.1, 0.15) is 5.82 Å². The molecule has 0 aliphatic rings. The zero-order valence-electron chi connectivity index (χ0n) is 25.2. The van der Waals surface area contributed by atoms with Crippen LogP contribution in [-0.2, 0) is 24.1 Å². The molecule has 0 unspecified atom stereocenters. The van der Waals surface area contributed by atoms with Crippen LogP contribution >= 0.6 is 11.8 Å². The number of pyridine rings is 1. The van der Waals surface area contributed by atoms with Gasteiger partial charge in [0.25, 0.3) is 5.91 Å². The fraction of sp³-hybridized carbons (Fsp3) is 0.333. The number of methoxy groups -OCH3 is 2. The van der Waals surface area contributed by atoms with E-state index in [9.17, 15) is 4.79 Å². The molecule has 0 radical (unpaired) electrons. The van der Waals surface area contributed by atoms with Crippen LogP contribution in [0.25, 0.3) is 0 Å². The molecule has 0 spiro atoms. The van der Waals surface area contributed by atoms with E-state index >= 15 is 0 Å². The Kier molecular flexibility index (Phi) is 10.4. The first-order valence-corrected chi connectivity index (χ1v) is 14.9. The smallest absolute Gasteiger partial charge is 0.251 e. The summed E-state index contributed by atoms with van der Waals surface area (Å²) in [6.45, 7) is 7.68. The van der Waals surface area contributed by atoms with Crippen LogP contribution in [0.15, 0.2) is 78.2 Å². The fourth-order valence-corrected chi connectivity index (χ4v) is 5.04. The predicted octanol–water partition coefficient (Wildman–Crippen LogP) is 6.09. The highest BCUT2D eigenvalue weighted by Crippen LogP contribution is 2.30. The maximum absolute atomic E-state index is 12.8. The Labute approximate surface area is 252 Å². The van der Waals surface area contributed by atoms with Crippen molar-refractivity contribution in [1.82, 2.24) is 20.3 Å². The molecule has 0 fully saturated rings. The zero-order valence-corrected chi connectivity index (χ0v) is 26.0. The molecule has 4 aromatic rings. The van der Waals surface area contributed by atoms with E-state index in [1.54, 1.807) is 38.4 Å². The minimum Gasteiger partial charge on any atom is -0.493 e. The molecule has 0 saturated heterocycles. The molecule has 9 heteroatoms. The summed E-state index contributed by atoms with van der Waals surface area (Å²) >= 11 is 1.57. The Balaban J connectivity index is 1.44. The van der Waals surface area contributed by atoms with Gasteiger partial charge < -0.3 is 19.7 Å². The Morgan fingerprint density at radius 1 is 0.929 bits per heavy atom. The highest BCUT2D eigenvalue weighted by atomic mass is 32.2. The van der Waals surface area contributed by atoms with E-state index in [2.05, 4.69) is 55.2 Å². The summed E-state index contributed by atoms with van der Waals surface area (Å²) in [5, 5.41) is 3.68. The third kappa shape index (κ3) is 8.45. The van der Waals surface area contributed by atoms with Crippen LogP contribution in [0.1, 0.15) is 53.5 Å². The molecule has 2 aromatic heterocycles. The minimum atomic E-state index is -0.135. The number of anilines is 1. The fourth-order valence-electron chi connectivity index (χ4n) is 4.24. The van der Waals surface area contributed by atoms with Gasteiger partial charge in [-0.15, -0.1) is 0 Å². The van der Waals surface area contributed by atoms with Gasteiger partial charge in [-0.25, -0.2) is 9.97 Å². The van der Waals surface area contributed by atoms with Gasteiger partial charge in [0, 0.05) is 55.3 Å². The van der Waals surface area contributed by atoms with Gasteiger partial charge >= 0.3 is 0 Å². The van der Waals surface area contributed by atoms with Gasteiger partial charge in [-0.05, 0) is 53.4 Å². The number of rotatable bonds is 12. The summed E-state index contributed by atoms with van der Waals surface area (Å²) in [5.74, 6) is 2.85. The first-order chi connectivity index (χ1) is 20.2. The Morgan fingerprint density at radius 3 is 2.43 bits per heavy atom. The largest absolute Gasteiger partial charge is 0.493 e. The average molecular weight is 586 g/mol. The minimum absolute atomic E-state index is 0.116. The van der Waals surface area contributed by atoms with Crippen LogP contribution in [0.2, 0.25) is 0 Å². The second-order valence-electron chi connectivity index (χ2n) is 11.0. The Bertz CT molecular complexity index is 1490. The molecule has 2 heterocycles. The molecule has 0 saturated carbocycles. The van der Waals surface area contributed by atoms with Crippen LogP contribution in [0, 0.1) is 0 Å². The number of carbonyl (C=O) groups excluding carboxylic acids is 1. The molecule has 4 rings (SSSR count). The molecule has 8 nitrogen and oxygen atoms in total. The van der Waals surface area contributed by atoms with E-state index in [1.165, 1.54) is 0 Å². The molecule has 0 atom stereocenters. The van der Waals surface area contributed by atoms with Gasteiger partial charge in [0.05, 0.1) is 19.9 Å². The molecule has 42 heavy (non-hydrogen) atoms. The SMILES string of the molecule is COc1ccc(CCN(C)c2cc(C(C)(C)C)nc(SCc3cccc(C(=O)NCc4cccnc4)c3)n2)cc1OC. The number of likely N-dealkylation sites (N-methyl/N-ethyl adjacent to an activating group) is 1. The quantitative estimate of drug-likeness (QED) is 0.158. The third-order valence-corrected chi connectivity index (χ3v) is 7.69. The number of hydrogen-bond acceptors (Lipinski definition) is 8. The molecule has 0 bridgehead atoms. The molecule has 2 aromatic carbocycles.